The van der Waals surface area contributed by atoms with Gasteiger partial charge in [-0.1, -0.05) is 71.0 Å². The molecule has 0 saturated carbocycles. The van der Waals surface area contributed by atoms with Crippen molar-refractivity contribution in [1.82, 2.24) is 4.90 Å². The van der Waals surface area contributed by atoms with E-state index in [2.05, 4.69) is 20.8 Å². The highest BCUT2D eigenvalue weighted by molar-refractivity contribution is 6.46. The van der Waals surface area contributed by atoms with Gasteiger partial charge in [-0.05, 0) is 41.5 Å². The summed E-state index contributed by atoms with van der Waals surface area (Å²) in [7, 11) is 0. The monoisotopic (exact) mass is 435 g/mol. The maximum Gasteiger partial charge on any atom is 0.295 e. The molecule has 0 aromatic heterocycles. The molecule has 5 heteroatoms. The summed E-state index contributed by atoms with van der Waals surface area (Å²) in [6, 6.07) is 14.4. The molecule has 3 rings (SSSR count). The molecule has 0 aliphatic carbocycles. The van der Waals surface area contributed by atoms with Crippen LogP contribution in [0.1, 0.15) is 70.2 Å². The first-order valence-electron chi connectivity index (χ1n) is 11.3. The fourth-order valence-corrected chi connectivity index (χ4v) is 3.97. The molecule has 2 aromatic rings. The Morgan fingerprint density at radius 3 is 2.31 bits per heavy atom. The van der Waals surface area contributed by atoms with Crippen molar-refractivity contribution in [1.29, 1.82) is 0 Å². The molecule has 1 N–H and O–H groups in total. The van der Waals surface area contributed by atoms with Crippen LogP contribution >= 0.6 is 0 Å². The normalized spacial score (nSPS) is 18.3. The average molecular weight is 436 g/mol. The first-order chi connectivity index (χ1) is 15.2. The zero-order valence-corrected chi connectivity index (χ0v) is 19.6. The van der Waals surface area contributed by atoms with Crippen LogP contribution in [0.3, 0.4) is 0 Å². The van der Waals surface area contributed by atoms with Gasteiger partial charge in [0, 0.05) is 12.1 Å². The molecular weight excluding hydrogens is 402 g/mol. The third-order valence-electron chi connectivity index (χ3n) is 5.68. The van der Waals surface area contributed by atoms with Crippen LogP contribution in [0.2, 0.25) is 0 Å². The number of carbonyl (C=O) groups is 2. The number of ether oxygens (including phenoxy) is 1. The van der Waals surface area contributed by atoms with Gasteiger partial charge in [0.15, 0.2) is 0 Å². The number of nitrogens with zero attached hydrogens (tertiary/aromatic N) is 1. The van der Waals surface area contributed by atoms with Crippen LogP contribution in [0, 0.1) is 0 Å². The predicted octanol–water partition coefficient (Wildman–Crippen LogP) is 5.60. The van der Waals surface area contributed by atoms with Gasteiger partial charge >= 0.3 is 0 Å². The molecule has 1 saturated heterocycles. The minimum atomic E-state index is -0.652. The van der Waals surface area contributed by atoms with Gasteiger partial charge < -0.3 is 14.7 Å². The van der Waals surface area contributed by atoms with Crippen LogP contribution in [-0.4, -0.2) is 34.8 Å². The molecule has 1 aliphatic heterocycles. The molecule has 0 spiro atoms. The Balaban J connectivity index is 2.11. The van der Waals surface area contributed by atoms with Crippen molar-refractivity contribution in [2.75, 3.05) is 13.2 Å². The van der Waals surface area contributed by atoms with Gasteiger partial charge in [-0.15, -0.1) is 0 Å². The topological polar surface area (TPSA) is 66.8 Å². The number of likely N-dealkylation sites (tertiary alicyclic amines) is 1. The van der Waals surface area contributed by atoms with Gasteiger partial charge in [-0.25, -0.2) is 0 Å². The highest BCUT2D eigenvalue weighted by Gasteiger charge is 2.45. The largest absolute Gasteiger partial charge is 0.507 e. The highest BCUT2D eigenvalue weighted by Crippen LogP contribution is 2.40. The lowest BCUT2D eigenvalue weighted by Crippen LogP contribution is -2.30. The summed E-state index contributed by atoms with van der Waals surface area (Å²) in [5.41, 5.74) is 2.55. The Bertz CT molecular complexity index is 1010. The quantitative estimate of drug-likeness (QED) is 0.349. The van der Waals surface area contributed by atoms with Crippen molar-refractivity contribution in [3.63, 3.8) is 0 Å². The molecule has 1 aliphatic rings. The van der Waals surface area contributed by atoms with Crippen molar-refractivity contribution in [2.24, 2.45) is 0 Å². The lowest BCUT2D eigenvalue weighted by molar-refractivity contribution is -0.139. The predicted molar refractivity (Wildman–Crippen MR) is 127 cm³/mol. The number of aliphatic hydroxyl groups is 1. The molecule has 1 atom stereocenters. The van der Waals surface area contributed by atoms with Crippen molar-refractivity contribution < 1.29 is 19.4 Å². The highest BCUT2D eigenvalue weighted by atomic mass is 16.5. The molecule has 1 fully saturated rings. The lowest BCUT2D eigenvalue weighted by Gasteiger charge is -2.26. The number of Topliss-reactive ketones (excluding diaryl/α,β-unsaturated/α-hetero) is 1. The smallest absolute Gasteiger partial charge is 0.295 e. The number of aliphatic hydroxyl groups excluding tert-OH is 1. The van der Waals surface area contributed by atoms with Crippen molar-refractivity contribution >= 4 is 17.4 Å². The number of hydrogen-bond acceptors (Lipinski definition) is 4. The Hall–Kier alpha value is -3.08. The second-order valence-corrected chi connectivity index (χ2v) is 9.24. The number of rotatable bonds is 7. The second-order valence-electron chi connectivity index (χ2n) is 9.24. The Labute approximate surface area is 190 Å². The summed E-state index contributed by atoms with van der Waals surface area (Å²) >= 11 is 0. The van der Waals surface area contributed by atoms with Gasteiger partial charge in [0.25, 0.3) is 11.7 Å². The van der Waals surface area contributed by atoms with Crippen LogP contribution < -0.4 is 4.74 Å². The van der Waals surface area contributed by atoms with Crippen LogP contribution in [0.5, 0.6) is 5.75 Å². The summed E-state index contributed by atoms with van der Waals surface area (Å²) in [4.78, 5) is 27.5. The summed E-state index contributed by atoms with van der Waals surface area (Å²) in [6.45, 7) is 11.4. The van der Waals surface area contributed by atoms with Crippen LogP contribution in [0.15, 0.2) is 54.1 Å². The maximum absolute atomic E-state index is 13.0. The summed E-state index contributed by atoms with van der Waals surface area (Å²) in [5.74, 6) is -0.782. The summed E-state index contributed by atoms with van der Waals surface area (Å²) in [6.07, 6.45) is 1.58. The molecule has 0 bridgehead atoms. The third-order valence-corrected chi connectivity index (χ3v) is 5.68. The van der Waals surface area contributed by atoms with Crippen molar-refractivity contribution in [2.45, 2.75) is 58.9 Å². The van der Waals surface area contributed by atoms with Crippen LogP contribution in [0.25, 0.3) is 5.76 Å². The van der Waals surface area contributed by atoms with E-state index in [0.717, 1.165) is 17.5 Å². The van der Waals surface area contributed by atoms with Gasteiger partial charge in [-0.3, -0.25) is 9.59 Å². The van der Waals surface area contributed by atoms with Gasteiger partial charge in [0.05, 0.1) is 18.2 Å². The van der Waals surface area contributed by atoms with E-state index in [1.165, 1.54) is 0 Å². The molecule has 2 aromatic carbocycles. The third kappa shape index (κ3) is 4.72. The molecule has 1 amide bonds. The average Bonchev–Trinajstić information content (AvgIpc) is 3.02. The SMILES string of the molecule is CCCOc1cccc(/C(O)=C2/C(=O)C(=O)N(CCC)C2c2ccc(C(C)(C)C)cc2)c1. The first kappa shape index (κ1) is 23.6. The van der Waals surface area contributed by atoms with Crippen LogP contribution in [0.4, 0.5) is 0 Å². The van der Waals surface area contributed by atoms with Crippen molar-refractivity contribution in [3.8, 4) is 5.75 Å². The lowest BCUT2D eigenvalue weighted by atomic mass is 9.85. The minimum absolute atomic E-state index is 0.0112. The standard InChI is InChI=1S/C27H33NO4/c1-6-15-28-23(18-11-13-20(14-12-18)27(3,4)5)22(25(30)26(28)31)24(29)19-9-8-10-21(17-19)32-16-7-2/h8-14,17,23,29H,6-7,15-16H2,1-5H3/b24-22-. The molecular formula is C27H33NO4. The number of amides is 1. The van der Waals surface area contributed by atoms with E-state index in [9.17, 15) is 14.7 Å². The maximum atomic E-state index is 13.0. The van der Waals surface area contributed by atoms with Gasteiger partial charge in [0.2, 0.25) is 0 Å². The Morgan fingerprint density at radius 2 is 1.72 bits per heavy atom. The zero-order valence-electron chi connectivity index (χ0n) is 19.6. The Kier molecular flexibility index (Phi) is 7.07. The number of carbonyl (C=O) groups excluding carboxylic acids is 2. The van der Waals surface area contributed by atoms with E-state index in [1.807, 2.05) is 44.2 Å². The van der Waals surface area contributed by atoms with E-state index in [-0.39, 0.29) is 16.7 Å². The fraction of sp³-hybridized carbons (Fsp3) is 0.407. The molecule has 0 radical (unpaired) electrons. The van der Waals surface area contributed by atoms with E-state index >= 15 is 0 Å². The van der Waals surface area contributed by atoms with E-state index < -0.39 is 17.7 Å². The number of benzene rings is 2. The van der Waals surface area contributed by atoms with Crippen LogP contribution in [-0.2, 0) is 15.0 Å². The van der Waals surface area contributed by atoms with E-state index in [1.54, 1.807) is 23.1 Å². The second kappa shape index (κ2) is 9.60. The minimum Gasteiger partial charge on any atom is -0.507 e. The molecule has 5 nitrogen and oxygen atoms in total. The number of ketones is 1. The van der Waals surface area contributed by atoms with Gasteiger partial charge in [0.1, 0.15) is 11.5 Å². The Morgan fingerprint density at radius 1 is 1.03 bits per heavy atom. The van der Waals surface area contributed by atoms with E-state index in [0.29, 0.717) is 30.9 Å². The zero-order chi connectivity index (χ0) is 23.5. The summed E-state index contributed by atoms with van der Waals surface area (Å²) in [5, 5.41) is 11.2. The number of hydrogen-bond donors (Lipinski definition) is 1. The molecule has 170 valence electrons. The molecule has 32 heavy (non-hydrogen) atoms. The fourth-order valence-electron chi connectivity index (χ4n) is 3.97. The first-order valence-corrected chi connectivity index (χ1v) is 11.3. The van der Waals surface area contributed by atoms with Crippen molar-refractivity contribution in [3.05, 3.63) is 70.8 Å². The van der Waals surface area contributed by atoms with Gasteiger partial charge in [-0.2, -0.15) is 0 Å². The summed E-state index contributed by atoms with van der Waals surface area (Å²) < 4.78 is 5.68. The molecule has 1 heterocycles. The molecule has 1 unspecified atom stereocenters. The van der Waals surface area contributed by atoms with E-state index in [4.69, 9.17) is 4.74 Å².